The first kappa shape index (κ1) is 24.7. The average molecular weight is 527 g/mol. The van der Waals surface area contributed by atoms with Gasteiger partial charge in [0.25, 0.3) is 6.43 Å². The number of nitrogens with zero attached hydrogens (tertiary/aromatic N) is 6. The summed E-state index contributed by atoms with van der Waals surface area (Å²) in [5.74, 6) is 0.285. The topological polar surface area (TPSA) is 103 Å². The van der Waals surface area contributed by atoms with Gasteiger partial charge in [0.15, 0.2) is 5.82 Å². The van der Waals surface area contributed by atoms with E-state index < -0.39 is 12.2 Å². The Morgan fingerprint density at radius 1 is 1.11 bits per heavy atom. The number of ketones is 1. The van der Waals surface area contributed by atoms with Crippen molar-refractivity contribution in [2.75, 3.05) is 44.3 Å². The van der Waals surface area contributed by atoms with Gasteiger partial charge in [-0.05, 0) is 25.0 Å². The highest BCUT2D eigenvalue weighted by atomic mass is 19.3. The Morgan fingerprint density at radius 3 is 2.66 bits per heavy atom. The lowest BCUT2D eigenvalue weighted by Crippen LogP contribution is -2.58. The normalized spacial score (nSPS) is 20.7. The number of carbonyl (C=O) groups is 2. The van der Waals surface area contributed by atoms with Gasteiger partial charge in [0.05, 0.1) is 37.3 Å². The molecule has 200 valence electrons. The summed E-state index contributed by atoms with van der Waals surface area (Å²) in [6.45, 7) is 2.88. The number of imidazole rings is 1. The van der Waals surface area contributed by atoms with Crippen LogP contribution in [0.25, 0.3) is 16.9 Å². The molecule has 10 nitrogen and oxygen atoms in total. The van der Waals surface area contributed by atoms with Crippen molar-refractivity contribution < 1.29 is 27.8 Å². The first-order valence-electron chi connectivity index (χ1n) is 12.9. The Kier molecular flexibility index (Phi) is 6.64. The van der Waals surface area contributed by atoms with E-state index in [4.69, 9.17) is 9.47 Å². The minimum Gasteiger partial charge on any atom is -0.470 e. The number of ether oxygens (including phenoxy) is 2. The molecule has 1 atom stereocenters. The number of anilines is 1. The molecule has 6 rings (SSSR count). The molecule has 1 amide bonds. The summed E-state index contributed by atoms with van der Waals surface area (Å²) in [5.41, 5.74) is 0.939. The van der Waals surface area contributed by atoms with E-state index in [1.165, 1.54) is 10.6 Å². The van der Waals surface area contributed by atoms with Crippen LogP contribution in [-0.2, 0) is 14.3 Å². The van der Waals surface area contributed by atoms with Crippen LogP contribution in [0.4, 0.5) is 14.7 Å². The van der Waals surface area contributed by atoms with Crippen LogP contribution in [0.2, 0.25) is 0 Å². The Morgan fingerprint density at radius 2 is 1.89 bits per heavy atom. The minimum absolute atomic E-state index is 0.0123. The van der Waals surface area contributed by atoms with E-state index in [2.05, 4.69) is 15.0 Å². The van der Waals surface area contributed by atoms with E-state index in [9.17, 15) is 18.4 Å². The van der Waals surface area contributed by atoms with Crippen LogP contribution in [0.3, 0.4) is 0 Å². The van der Waals surface area contributed by atoms with Gasteiger partial charge in [-0.1, -0.05) is 12.1 Å². The van der Waals surface area contributed by atoms with Crippen LogP contribution < -0.4 is 9.64 Å². The van der Waals surface area contributed by atoms with Gasteiger partial charge in [-0.3, -0.25) is 14.2 Å². The molecule has 0 spiro atoms. The van der Waals surface area contributed by atoms with Crippen LogP contribution in [0.1, 0.15) is 37.9 Å². The lowest BCUT2D eigenvalue weighted by molar-refractivity contribution is -0.147. The summed E-state index contributed by atoms with van der Waals surface area (Å²) in [4.78, 5) is 41.6. The summed E-state index contributed by atoms with van der Waals surface area (Å²) in [6.07, 6.45) is -0.767. The summed E-state index contributed by atoms with van der Waals surface area (Å²) >= 11 is 0. The number of rotatable bonds is 6. The zero-order valence-electron chi connectivity index (χ0n) is 20.8. The molecule has 1 aliphatic carbocycles. The Bertz CT molecular complexity index is 1350. The van der Waals surface area contributed by atoms with Gasteiger partial charge in [-0.15, -0.1) is 0 Å². The number of morpholine rings is 1. The number of carbonyl (C=O) groups excluding carboxylic acids is 2. The largest absolute Gasteiger partial charge is 0.470 e. The Labute approximate surface area is 217 Å². The van der Waals surface area contributed by atoms with Gasteiger partial charge >= 0.3 is 0 Å². The van der Waals surface area contributed by atoms with Crippen molar-refractivity contribution in [3.63, 3.8) is 0 Å². The zero-order valence-corrected chi connectivity index (χ0v) is 20.8. The summed E-state index contributed by atoms with van der Waals surface area (Å²) in [7, 11) is 0. The van der Waals surface area contributed by atoms with Crippen molar-refractivity contribution in [2.45, 2.75) is 38.2 Å². The molecule has 2 aliphatic heterocycles. The van der Waals surface area contributed by atoms with Crippen molar-refractivity contribution >= 4 is 28.7 Å². The van der Waals surface area contributed by atoms with Gasteiger partial charge in [-0.2, -0.15) is 9.97 Å². The molecule has 3 aliphatic rings. The zero-order chi connectivity index (χ0) is 26.2. The number of likely N-dealkylation sites (tertiary alicyclic amines) is 1. The summed E-state index contributed by atoms with van der Waals surface area (Å²) in [5, 5.41) is 0. The van der Waals surface area contributed by atoms with Crippen LogP contribution in [0, 0.1) is 5.92 Å². The highest BCUT2D eigenvalue weighted by Crippen LogP contribution is 2.31. The van der Waals surface area contributed by atoms with Crippen LogP contribution >= 0.6 is 0 Å². The fourth-order valence-electron chi connectivity index (χ4n) is 5.27. The quantitative estimate of drug-likeness (QED) is 0.483. The number of amides is 1. The second kappa shape index (κ2) is 10.2. The van der Waals surface area contributed by atoms with Gasteiger partial charge in [0.2, 0.25) is 17.7 Å². The molecule has 1 aromatic carbocycles. The smallest absolute Gasteiger partial charge is 0.296 e. The molecular weight excluding hydrogens is 498 g/mol. The third kappa shape index (κ3) is 4.80. The van der Waals surface area contributed by atoms with Crippen LogP contribution in [0.5, 0.6) is 5.88 Å². The molecule has 0 bridgehead atoms. The molecule has 0 radical (unpaired) electrons. The monoisotopic (exact) mass is 526 g/mol. The van der Waals surface area contributed by atoms with Gasteiger partial charge in [0, 0.05) is 37.9 Å². The molecule has 12 heteroatoms. The van der Waals surface area contributed by atoms with Gasteiger partial charge in [-0.25, -0.2) is 13.8 Å². The predicted octanol–water partition coefficient (Wildman–Crippen LogP) is 2.94. The molecule has 3 aromatic rings. The SMILES string of the molecule is O=C1CCCC(C(=O)N2CC(Oc3cc(-n4c(C(F)F)nc5ccccc54)nc(N4CCOCC4)n3)C2)C1. The maximum absolute atomic E-state index is 14.0. The van der Waals surface area contributed by atoms with Crippen LogP contribution in [0.15, 0.2) is 30.3 Å². The van der Waals surface area contributed by atoms with Crippen molar-refractivity contribution in [3.05, 3.63) is 36.2 Å². The molecule has 4 heterocycles. The standard InChI is InChI=1S/C26H28F2N6O4/c27-23(28)24-29-19-6-1-2-7-20(19)34(24)21-13-22(31-26(30-21)32-8-10-37-11-9-32)38-18-14-33(15-18)25(36)16-4-3-5-17(35)12-16/h1-2,6-7,13,16,18,23H,3-5,8-12,14-15H2. The number of alkyl halides is 2. The Hall–Kier alpha value is -3.67. The first-order chi connectivity index (χ1) is 18.5. The number of halogens is 2. The van der Waals surface area contributed by atoms with Crippen molar-refractivity contribution in [1.29, 1.82) is 0 Å². The minimum atomic E-state index is -2.81. The highest BCUT2D eigenvalue weighted by molar-refractivity contribution is 5.88. The van der Waals surface area contributed by atoms with Crippen molar-refractivity contribution in [3.8, 4) is 11.7 Å². The second-order valence-electron chi connectivity index (χ2n) is 9.87. The van der Waals surface area contributed by atoms with E-state index in [1.807, 2.05) is 4.90 Å². The molecule has 2 aromatic heterocycles. The molecular formula is C26H28F2N6O4. The second-order valence-corrected chi connectivity index (χ2v) is 9.87. The summed E-state index contributed by atoms with van der Waals surface area (Å²) in [6, 6.07) is 8.44. The number of Topliss-reactive ketones (excluding diaryl/α,β-unsaturated/α-hetero) is 1. The number of para-hydroxylation sites is 2. The van der Waals surface area contributed by atoms with Gasteiger partial charge in [0.1, 0.15) is 17.7 Å². The van der Waals surface area contributed by atoms with E-state index in [0.717, 1.165) is 12.8 Å². The molecule has 0 N–H and O–H groups in total. The van der Waals surface area contributed by atoms with Crippen LogP contribution in [-0.4, -0.2) is 81.6 Å². The third-order valence-electron chi connectivity index (χ3n) is 7.26. The number of hydrogen-bond acceptors (Lipinski definition) is 8. The van der Waals surface area contributed by atoms with Gasteiger partial charge < -0.3 is 19.3 Å². The summed E-state index contributed by atoms with van der Waals surface area (Å²) < 4.78 is 41.0. The number of fused-ring (bicyclic) bond motifs is 1. The lowest BCUT2D eigenvalue weighted by atomic mass is 9.86. The molecule has 38 heavy (non-hydrogen) atoms. The fourth-order valence-corrected chi connectivity index (χ4v) is 5.27. The third-order valence-corrected chi connectivity index (χ3v) is 7.26. The predicted molar refractivity (Wildman–Crippen MR) is 133 cm³/mol. The van der Waals surface area contributed by atoms with E-state index in [0.29, 0.717) is 69.2 Å². The number of hydrogen-bond donors (Lipinski definition) is 0. The molecule has 3 fully saturated rings. The van der Waals surface area contributed by atoms with Crippen molar-refractivity contribution in [1.82, 2.24) is 24.4 Å². The maximum Gasteiger partial charge on any atom is 0.296 e. The number of benzene rings is 1. The lowest BCUT2D eigenvalue weighted by Gasteiger charge is -2.41. The highest BCUT2D eigenvalue weighted by Gasteiger charge is 2.38. The molecule has 2 saturated heterocycles. The van der Waals surface area contributed by atoms with E-state index in [-0.39, 0.29) is 35.4 Å². The fraction of sp³-hybridized carbons (Fsp3) is 0.500. The van der Waals surface area contributed by atoms with Crippen molar-refractivity contribution in [2.24, 2.45) is 5.92 Å². The maximum atomic E-state index is 14.0. The first-order valence-corrected chi connectivity index (χ1v) is 12.9. The molecule has 1 unspecified atom stereocenters. The molecule has 1 saturated carbocycles. The Balaban J connectivity index is 1.27. The van der Waals surface area contributed by atoms with E-state index >= 15 is 0 Å². The average Bonchev–Trinajstić information content (AvgIpc) is 3.31. The number of aromatic nitrogens is 4. The van der Waals surface area contributed by atoms with E-state index in [1.54, 1.807) is 29.2 Å².